The summed E-state index contributed by atoms with van der Waals surface area (Å²) in [6.07, 6.45) is 0.654. The van der Waals surface area contributed by atoms with Crippen LogP contribution < -0.4 is 19.7 Å². The van der Waals surface area contributed by atoms with Gasteiger partial charge in [-0.25, -0.2) is 17.8 Å². The van der Waals surface area contributed by atoms with Gasteiger partial charge in [0.1, 0.15) is 31.5 Å². The number of sulfonamides is 1. The van der Waals surface area contributed by atoms with Crippen LogP contribution in [0.5, 0.6) is 11.8 Å². The Labute approximate surface area is 254 Å². The molecule has 11 nitrogen and oxygen atoms in total. The molecular formula is C32H33N4O7S+. The topological polar surface area (TPSA) is 128 Å². The van der Waals surface area contributed by atoms with Gasteiger partial charge in [-0.1, -0.05) is 18.2 Å². The van der Waals surface area contributed by atoms with Crippen LogP contribution in [0.15, 0.2) is 82.1 Å². The molecule has 1 aliphatic carbocycles. The Morgan fingerprint density at radius 2 is 1.70 bits per heavy atom. The van der Waals surface area contributed by atoms with Crippen LogP contribution in [-0.4, -0.2) is 74.4 Å². The van der Waals surface area contributed by atoms with Crippen molar-refractivity contribution in [3.8, 4) is 34.2 Å². The number of hydrogen-bond donors (Lipinski definition) is 2. The van der Waals surface area contributed by atoms with Crippen molar-refractivity contribution in [2.24, 2.45) is 0 Å². The smallest absolute Gasteiger partial charge is 0.351 e. The molecule has 1 fully saturated rings. The lowest BCUT2D eigenvalue weighted by molar-refractivity contribution is -0.149. The van der Waals surface area contributed by atoms with E-state index in [-0.39, 0.29) is 17.9 Å². The van der Waals surface area contributed by atoms with Gasteiger partial charge in [0.05, 0.1) is 11.0 Å². The summed E-state index contributed by atoms with van der Waals surface area (Å²) >= 11 is 0. The van der Waals surface area contributed by atoms with E-state index in [0.29, 0.717) is 33.6 Å². The molecule has 0 amide bonds. The molecular weight excluding hydrogens is 584 g/mol. The SMILES string of the molecule is CN(C)c1ccc2c(-c3ccccc3S(=O)(=O)N3CCCC3C(=O)On3c(O)ccc3O)c3ccc(=[N+](C)C)cc-3oc2c1. The van der Waals surface area contributed by atoms with Crippen molar-refractivity contribution in [1.82, 2.24) is 13.6 Å². The van der Waals surface area contributed by atoms with Crippen molar-refractivity contribution in [2.45, 2.75) is 23.8 Å². The second-order valence-electron chi connectivity index (χ2n) is 11.2. The fourth-order valence-corrected chi connectivity index (χ4v) is 7.50. The Hall–Kier alpha value is -4.81. The Kier molecular flexibility index (Phi) is 7.34. The summed E-state index contributed by atoms with van der Waals surface area (Å²) in [7, 11) is 3.50. The van der Waals surface area contributed by atoms with E-state index in [9.17, 15) is 23.4 Å². The molecule has 2 aliphatic heterocycles. The Bertz CT molecular complexity index is 2040. The number of benzene rings is 3. The number of anilines is 1. The number of hydrogen-bond acceptors (Lipinski definition) is 8. The highest BCUT2D eigenvalue weighted by Gasteiger charge is 2.42. The molecule has 1 atom stereocenters. The average Bonchev–Trinajstić information content (AvgIpc) is 3.63. The molecule has 1 aromatic heterocycles. The van der Waals surface area contributed by atoms with E-state index in [2.05, 4.69) is 0 Å². The lowest BCUT2D eigenvalue weighted by atomic mass is 9.93. The quantitative estimate of drug-likeness (QED) is 0.220. The molecule has 3 aromatic rings. The van der Waals surface area contributed by atoms with Gasteiger partial charge in [0.2, 0.25) is 27.1 Å². The first-order valence-electron chi connectivity index (χ1n) is 14.1. The highest BCUT2D eigenvalue weighted by molar-refractivity contribution is 7.89. The number of nitrogens with zero attached hydrogens (tertiary/aromatic N) is 4. The third kappa shape index (κ3) is 4.95. The van der Waals surface area contributed by atoms with E-state index in [1.54, 1.807) is 24.3 Å². The van der Waals surface area contributed by atoms with Crippen molar-refractivity contribution >= 4 is 32.6 Å². The molecule has 2 N–H and O–H groups in total. The lowest BCUT2D eigenvalue weighted by Crippen LogP contribution is -2.44. The Morgan fingerprint density at radius 1 is 0.977 bits per heavy atom. The highest BCUT2D eigenvalue weighted by atomic mass is 32.2. The maximum absolute atomic E-state index is 14.4. The van der Waals surface area contributed by atoms with E-state index in [0.717, 1.165) is 38.4 Å². The maximum atomic E-state index is 14.4. The van der Waals surface area contributed by atoms with Crippen LogP contribution in [0.3, 0.4) is 0 Å². The number of rotatable bonds is 6. The van der Waals surface area contributed by atoms with Gasteiger partial charge >= 0.3 is 5.97 Å². The van der Waals surface area contributed by atoms with Crippen molar-refractivity contribution < 1.29 is 32.7 Å². The van der Waals surface area contributed by atoms with Crippen LogP contribution in [0.2, 0.25) is 0 Å². The van der Waals surface area contributed by atoms with Crippen molar-refractivity contribution in [1.29, 1.82) is 0 Å². The Morgan fingerprint density at radius 3 is 2.41 bits per heavy atom. The molecule has 44 heavy (non-hydrogen) atoms. The summed E-state index contributed by atoms with van der Waals surface area (Å²) in [5.74, 6) is -1.30. The molecule has 1 unspecified atom stereocenters. The largest absolute Gasteiger partial charge is 0.492 e. The minimum absolute atomic E-state index is 0.0357. The summed E-state index contributed by atoms with van der Waals surface area (Å²) in [5, 5.41) is 21.5. The van der Waals surface area contributed by atoms with Gasteiger partial charge in [-0.3, -0.25) is 0 Å². The predicted octanol–water partition coefficient (Wildman–Crippen LogP) is 3.32. The number of aromatic hydroxyl groups is 2. The van der Waals surface area contributed by atoms with E-state index in [4.69, 9.17) is 9.25 Å². The van der Waals surface area contributed by atoms with Crippen LogP contribution in [0.1, 0.15) is 12.8 Å². The van der Waals surface area contributed by atoms with Crippen LogP contribution in [-0.2, 0) is 14.8 Å². The third-order valence-corrected chi connectivity index (χ3v) is 9.89. The molecule has 228 valence electrons. The van der Waals surface area contributed by atoms with Crippen LogP contribution >= 0.6 is 0 Å². The minimum atomic E-state index is -4.24. The van der Waals surface area contributed by atoms with Gasteiger partial charge in [0.15, 0.2) is 0 Å². The highest BCUT2D eigenvalue weighted by Crippen LogP contribution is 2.44. The molecule has 6 rings (SSSR count). The zero-order chi connectivity index (χ0) is 31.3. The first-order valence-corrected chi connectivity index (χ1v) is 15.5. The number of fused-ring (bicyclic) bond motifs is 2. The first-order chi connectivity index (χ1) is 21.0. The standard InChI is InChI=1S/C32H32N4O7S/c1-33(2)20-11-13-22-26(18-20)42-27-19-21(34(3)4)12-14-23(27)31(22)24-8-5-6-10-28(24)44(40,41)35-17-7-9-25(35)32(39)43-36-29(37)15-16-30(36)38/h5-6,8,10-16,18-19,25H,7,9,17H2,1-4H3,(H-,37,38)/p+1. The number of aromatic nitrogens is 1. The average molecular weight is 618 g/mol. The second-order valence-corrected chi connectivity index (χ2v) is 13.0. The van der Waals surface area contributed by atoms with E-state index in [1.807, 2.05) is 74.1 Å². The predicted molar refractivity (Wildman–Crippen MR) is 166 cm³/mol. The summed E-state index contributed by atoms with van der Waals surface area (Å²) in [4.78, 5) is 20.4. The fourth-order valence-electron chi connectivity index (χ4n) is 5.65. The van der Waals surface area contributed by atoms with Gasteiger partial charge in [-0.15, -0.1) is 4.73 Å². The van der Waals surface area contributed by atoms with Crippen LogP contribution in [0, 0.1) is 0 Å². The monoisotopic (exact) mass is 617 g/mol. The van der Waals surface area contributed by atoms with Gasteiger partial charge in [-0.2, -0.15) is 4.31 Å². The summed E-state index contributed by atoms with van der Waals surface area (Å²) in [6, 6.07) is 19.5. The van der Waals surface area contributed by atoms with Gasteiger partial charge in [0.25, 0.3) is 0 Å². The zero-order valence-electron chi connectivity index (χ0n) is 24.8. The molecule has 2 aromatic carbocycles. The van der Waals surface area contributed by atoms with Gasteiger partial charge in [0, 0.05) is 72.7 Å². The van der Waals surface area contributed by atoms with Crippen molar-refractivity contribution in [3.63, 3.8) is 0 Å². The summed E-state index contributed by atoms with van der Waals surface area (Å²) < 4.78 is 38.9. The molecule has 3 heterocycles. The molecule has 0 bridgehead atoms. The zero-order valence-corrected chi connectivity index (χ0v) is 25.6. The third-order valence-electron chi connectivity index (χ3n) is 7.92. The molecule has 12 heteroatoms. The fraction of sp³-hybridized carbons (Fsp3) is 0.250. The normalized spacial score (nSPS) is 15.6. The molecule has 0 radical (unpaired) electrons. The van der Waals surface area contributed by atoms with Gasteiger partial charge < -0.3 is 24.4 Å². The molecule has 0 saturated carbocycles. The molecule has 3 aliphatic rings. The summed E-state index contributed by atoms with van der Waals surface area (Å²) in [5.41, 5.74) is 3.41. The number of carbonyl (C=O) groups excluding carboxylic acids is 1. The van der Waals surface area contributed by atoms with Crippen molar-refractivity contribution in [3.05, 3.63) is 78.2 Å². The second kappa shape index (κ2) is 11.0. The lowest BCUT2D eigenvalue weighted by Gasteiger charge is -2.25. The minimum Gasteiger partial charge on any atom is -0.492 e. The molecule has 0 spiro atoms. The van der Waals surface area contributed by atoms with Crippen molar-refractivity contribution in [2.75, 3.05) is 39.6 Å². The van der Waals surface area contributed by atoms with E-state index >= 15 is 0 Å². The summed E-state index contributed by atoms with van der Waals surface area (Å²) in [6.45, 7) is 0.101. The molecule has 1 saturated heterocycles. The van der Waals surface area contributed by atoms with E-state index < -0.39 is 33.8 Å². The Balaban J connectivity index is 1.52. The first kappa shape index (κ1) is 29.3. The maximum Gasteiger partial charge on any atom is 0.351 e. The van der Waals surface area contributed by atoms with Crippen LogP contribution in [0.25, 0.3) is 33.4 Å². The number of carbonyl (C=O) groups is 1. The van der Waals surface area contributed by atoms with E-state index in [1.165, 1.54) is 0 Å². The van der Waals surface area contributed by atoms with Crippen LogP contribution in [0.4, 0.5) is 5.69 Å². The van der Waals surface area contributed by atoms with Gasteiger partial charge in [-0.05, 0) is 37.1 Å².